The second-order valence-electron chi connectivity index (χ2n) is 4.57. The molecular weight excluding hydrogens is 262 g/mol. The van der Waals surface area contributed by atoms with Crippen LogP contribution < -0.4 is 5.73 Å². The maximum absolute atomic E-state index is 13.0. The molecule has 0 saturated heterocycles. The molecule has 0 bridgehead atoms. The lowest BCUT2D eigenvalue weighted by atomic mass is 10.2. The monoisotopic (exact) mass is 276 g/mol. The molecule has 0 heterocycles. The van der Waals surface area contributed by atoms with Gasteiger partial charge >= 0.3 is 0 Å². The van der Waals surface area contributed by atoms with E-state index in [0.29, 0.717) is 18.4 Å². The normalized spacial score (nSPS) is 15.8. The van der Waals surface area contributed by atoms with Gasteiger partial charge in [0.05, 0.1) is 5.54 Å². The number of hydrogen-bond donors (Lipinski definition) is 1. The standard InChI is InChI=1S/C12H14F2N2O.ClH/c1-16(11(17)12(15)4-5-12)7-8-2-3-9(13)10(14)6-8;/h2-3,6H,4-5,7,15H2,1H3;1H. The number of benzene rings is 1. The molecule has 0 aliphatic heterocycles. The summed E-state index contributed by atoms with van der Waals surface area (Å²) >= 11 is 0. The summed E-state index contributed by atoms with van der Waals surface area (Å²) in [5, 5.41) is 0. The van der Waals surface area contributed by atoms with E-state index in [-0.39, 0.29) is 24.9 Å². The Bertz CT molecular complexity index is 463. The van der Waals surface area contributed by atoms with Gasteiger partial charge in [-0.2, -0.15) is 0 Å². The minimum atomic E-state index is -0.905. The summed E-state index contributed by atoms with van der Waals surface area (Å²) < 4.78 is 25.7. The molecule has 2 rings (SSSR count). The molecule has 1 aliphatic rings. The molecule has 1 fully saturated rings. The average Bonchev–Trinajstić information content (AvgIpc) is 3.02. The van der Waals surface area contributed by atoms with Crippen molar-refractivity contribution in [2.45, 2.75) is 24.9 Å². The first kappa shape index (κ1) is 14.9. The lowest BCUT2D eigenvalue weighted by molar-refractivity contribution is -0.132. The predicted octanol–water partition coefficient (Wildman–Crippen LogP) is 1.84. The van der Waals surface area contributed by atoms with Crippen molar-refractivity contribution in [3.05, 3.63) is 35.4 Å². The molecule has 1 aromatic rings. The minimum absolute atomic E-state index is 0. The quantitative estimate of drug-likeness (QED) is 0.916. The van der Waals surface area contributed by atoms with Crippen molar-refractivity contribution in [3.63, 3.8) is 0 Å². The lowest BCUT2D eigenvalue weighted by Gasteiger charge is -2.21. The molecule has 0 radical (unpaired) electrons. The Balaban J connectivity index is 0.00000162. The third-order valence-corrected chi connectivity index (χ3v) is 2.97. The third kappa shape index (κ3) is 2.97. The molecule has 0 atom stereocenters. The second kappa shape index (κ2) is 5.20. The zero-order chi connectivity index (χ0) is 12.6. The number of rotatable bonds is 3. The Morgan fingerprint density at radius 2 is 2.00 bits per heavy atom. The molecule has 3 nitrogen and oxygen atoms in total. The van der Waals surface area contributed by atoms with Crippen molar-refractivity contribution in [1.82, 2.24) is 4.90 Å². The van der Waals surface area contributed by atoms with E-state index in [9.17, 15) is 13.6 Å². The first-order valence-electron chi connectivity index (χ1n) is 5.41. The van der Waals surface area contributed by atoms with Crippen LogP contribution in [0.5, 0.6) is 0 Å². The van der Waals surface area contributed by atoms with Crippen LogP contribution in [0.1, 0.15) is 18.4 Å². The Labute approximate surface area is 110 Å². The molecule has 0 unspecified atom stereocenters. The largest absolute Gasteiger partial charge is 0.340 e. The summed E-state index contributed by atoms with van der Waals surface area (Å²) in [7, 11) is 1.61. The minimum Gasteiger partial charge on any atom is -0.340 e. The van der Waals surface area contributed by atoms with Crippen LogP contribution in [0.25, 0.3) is 0 Å². The van der Waals surface area contributed by atoms with Gasteiger partial charge in [0, 0.05) is 13.6 Å². The third-order valence-electron chi connectivity index (χ3n) is 2.97. The van der Waals surface area contributed by atoms with E-state index in [2.05, 4.69) is 0 Å². The van der Waals surface area contributed by atoms with Crippen LogP contribution >= 0.6 is 12.4 Å². The Kier molecular flexibility index (Phi) is 4.29. The van der Waals surface area contributed by atoms with Gasteiger partial charge in [-0.1, -0.05) is 6.07 Å². The average molecular weight is 277 g/mol. The molecule has 18 heavy (non-hydrogen) atoms. The van der Waals surface area contributed by atoms with E-state index in [0.717, 1.165) is 12.1 Å². The number of hydrogen-bond acceptors (Lipinski definition) is 2. The molecule has 1 saturated carbocycles. The molecule has 0 spiro atoms. The first-order valence-corrected chi connectivity index (χ1v) is 5.41. The van der Waals surface area contributed by atoms with Crippen molar-refractivity contribution in [2.24, 2.45) is 5.73 Å². The van der Waals surface area contributed by atoms with E-state index < -0.39 is 17.2 Å². The van der Waals surface area contributed by atoms with Crippen LogP contribution in [-0.4, -0.2) is 23.4 Å². The van der Waals surface area contributed by atoms with Gasteiger partial charge in [0.1, 0.15) is 0 Å². The van der Waals surface area contributed by atoms with Gasteiger partial charge in [-0.05, 0) is 30.5 Å². The van der Waals surface area contributed by atoms with Crippen LogP contribution in [-0.2, 0) is 11.3 Å². The van der Waals surface area contributed by atoms with Crippen LogP contribution in [0.15, 0.2) is 18.2 Å². The molecule has 1 aliphatic carbocycles. The summed E-state index contributed by atoms with van der Waals surface area (Å²) in [6, 6.07) is 3.60. The van der Waals surface area contributed by atoms with Crippen LogP contribution in [0.4, 0.5) is 8.78 Å². The highest BCUT2D eigenvalue weighted by atomic mass is 35.5. The van der Waals surface area contributed by atoms with E-state index in [1.807, 2.05) is 0 Å². The highest BCUT2D eigenvalue weighted by Crippen LogP contribution is 2.34. The van der Waals surface area contributed by atoms with E-state index in [1.54, 1.807) is 7.05 Å². The molecule has 2 N–H and O–H groups in total. The predicted molar refractivity (Wildman–Crippen MR) is 66.2 cm³/mol. The van der Waals surface area contributed by atoms with Gasteiger partial charge in [-0.25, -0.2) is 8.78 Å². The zero-order valence-corrected chi connectivity index (χ0v) is 10.8. The van der Waals surface area contributed by atoms with Gasteiger partial charge in [-0.15, -0.1) is 12.4 Å². The van der Waals surface area contributed by atoms with Gasteiger partial charge < -0.3 is 10.6 Å². The number of nitrogens with zero attached hydrogens (tertiary/aromatic N) is 1. The van der Waals surface area contributed by atoms with E-state index in [1.165, 1.54) is 11.0 Å². The number of carbonyl (C=O) groups is 1. The number of amides is 1. The van der Waals surface area contributed by atoms with Gasteiger partial charge in [0.2, 0.25) is 5.91 Å². The summed E-state index contributed by atoms with van der Waals surface area (Å²) in [6.07, 6.45) is 1.38. The van der Waals surface area contributed by atoms with Crippen molar-refractivity contribution in [3.8, 4) is 0 Å². The molecule has 0 aromatic heterocycles. The van der Waals surface area contributed by atoms with Crippen molar-refractivity contribution in [2.75, 3.05) is 7.05 Å². The van der Waals surface area contributed by atoms with Crippen LogP contribution in [0, 0.1) is 11.6 Å². The topological polar surface area (TPSA) is 46.3 Å². The van der Waals surface area contributed by atoms with Crippen molar-refractivity contribution >= 4 is 18.3 Å². The smallest absolute Gasteiger partial charge is 0.242 e. The Hall–Kier alpha value is -1.20. The molecule has 6 heteroatoms. The van der Waals surface area contributed by atoms with Crippen molar-refractivity contribution in [1.29, 1.82) is 0 Å². The van der Waals surface area contributed by atoms with Crippen LogP contribution in [0.2, 0.25) is 0 Å². The highest BCUT2D eigenvalue weighted by molar-refractivity contribution is 5.88. The molecule has 100 valence electrons. The summed E-state index contributed by atoms with van der Waals surface area (Å²) in [5.74, 6) is -1.94. The number of carbonyl (C=O) groups excluding carboxylic acids is 1. The zero-order valence-electron chi connectivity index (χ0n) is 9.95. The first-order chi connectivity index (χ1) is 7.92. The van der Waals surface area contributed by atoms with E-state index in [4.69, 9.17) is 5.73 Å². The fourth-order valence-electron chi connectivity index (χ4n) is 1.71. The molecular formula is C12H15ClF2N2O. The summed E-state index contributed by atoms with van der Waals surface area (Å²) in [5.41, 5.74) is 5.59. The maximum Gasteiger partial charge on any atom is 0.242 e. The van der Waals surface area contributed by atoms with Gasteiger partial charge in [0.15, 0.2) is 11.6 Å². The Morgan fingerprint density at radius 1 is 1.39 bits per heavy atom. The van der Waals surface area contributed by atoms with Gasteiger partial charge in [0.25, 0.3) is 0 Å². The summed E-state index contributed by atoms with van der Waals surface area (Å²) in [6.45, 7) is 0.231. The van der Waals surface area contributed by atoms with Crippen molar-refractivity contribution < 1.29 is 13.6 Å². The van der Waals surface area contributed by atoms with Crippen LogP contribution in [0.3, 0.4) is 0 Å². The SMILES string of the molecule is CN(Cc1ccc(F)c(F)c1)C(=O)C1(N)CC1.Cl. The Morgan fingerprint density at radius 3 is 2.50 bits per heavy atom. The number of nitrogens with two attached hydrogens (primary N) is 1. The summed E-state index contributed by atoms with van der Waals surface area (Å²) in [4.78, 5) is 13.3. The van der Waals surface area contributed by atoms with Gasteiger partial charge in [-0.3, -0.25) is 4.79 Å². The fourth-order valence-corrected chi connectivity index (χ4v) is 1.71. The fraction of sp³-hybridized carbons (Fsp3) is 0.417. The lowest BCUT2D eigenvalue weighted by Crippen LogP contribution is -2.43. The molecule has 1 amide bonds. The maximum atomic E-state index is 13.0. The number of likely N-dealkylation sites (N-methyl/N-ethyl adjacent to an activating group) is 1. The second-order valence-corrected chi connectivity index (χ2v) is 4.57. The molecule has 1 aromatic carbocycles. The van der Waals surface area contributed by atoms with E-state index >= 15 is 0 Å². The number of halogens is 3. The highest BCUT2D eigenvalue weighted by Gasteiger charge is 2.47.